The number of hydrogen-bond donors (Lipinski definition) is 1. The van der Waals surface area contributed by atoms with Gasteiger partial charge in [0.05, 0.1) is 21.3 Å². The standard InChI is InChI=1S/C17H9Cl2F3N2O/c18-13-5-2-6-14(19)15(13)24-16(25)11(9-23)7-10-3-1-4-12(8-10)17(20,21)22/h1-8H,(H,24,25). The first-order chi connectivity index (χ1) is 11.7. The number of carbonyl (C=O) groups excluding carboxylic acids is 1. The molecular formula is C17H9Cl2F3N2O. The number of alkyl halides is 3. The monoisotopic (exact) mass is 384 g/mol. The Kier molecular flexibility index (Phi) is 5.73. The van der Waals surface area contributed by atoms with E-state index >= 15 is 0 Å². The SMILES string of the molecule is N#CC(=Cc1cccc(C(F)(F)F)c1)C(=O)Nc1c(Cl)cccc1Cl. The zero-order chi connectivity index (χ0) is 18.6. The molecule has 25 heavy (non-hydrogen) atoms. The van der Waals surface area contributed by atoms with Crippen LogP contribution in [0.5, 0.6) is 0 Å². The van der Waals surface area contributed by atoms with Gasteiger partial charge in [-0.2, -0.15) is 18.4 Å². The Morgan fingerprint density at radius 3 is 2.28 bits per heavy atom. The van der Waals surface area contributed by atoms with E-state index in [4.69, 9.17) is 28.5 Å². The molecule has 0 fully saturated rings. The minimum absolute atomic E-state index is 0.0618. The number of nitrogens with one attached hydrogen (secondary N) is 1. The summed E-state index contributed by atoms with van der Waals surface area (Å²) in [6.45, 7) is 0. The zero-order valence-corrected chi connectivity index (χ0v) is 13.9. The van der Waals surface area contributed by atoms with Gasteiger partial charge in [0.1, 0.15) is 11.6 Å². The number of halogens is 5. The molecule has 1 N–H and O–H groups in total. The maximum atomic E-state index is 12.7. The van der Waals surface area contributed by atoms with Crippen LogP contribution in [0.3, 0.4) is 0 Å². The minimum atomic E-state index is -4.52. The molecule has 2 rings (SSSR count). The number of para-hydroxylation sites is 1. The fraction of sp³-hybridized carbons (Fsp3) is 0.0588. The van der Waals surface area contributed by atoms with Gasteiger partial charge in [-0.15, -0.1) is 0 Å². The summed E-state index contributed by atoms with van der Waals surface area (Å²) in [5, 5.41) is 11.8. The molecular weight excluding hydrogens is 376 g/mol. The molecule has 2 aromatic rings. The number of carbonyl (C=O) groups is 1. The first-order valence-electron chi connectivity index (χ1n) is 6.77. The summed E-state index contributed by atoms with van der Waals surface area (Å²) in [5.41, 5.74) is -1.10. The van der Waals surface area contributed by atoms with E-state index in [-0.39, 0.29) is 21.3 Å². The summed E-state index contributed by atoms with van der Waals surface area (Å²) >= 11 is 11.9. The molecule has 2 aromatic carbocycles. The van der Waals surface area contributed by atoms with Crippen LogP contribution in [0, 0.1) is 11.3 Å². The fourth-order valence-electron chi connectivity index (χ4n) is 1.92. The van der Waals surface area contributed by atoms with E-state index in [9.17, 15) is 18.0 Å². The molecule has 0 atom stereocenters. The van der Waals surface area contributed by atoms with E-state index in [0.29, 0.717) is 0 Å². The lowest BCUT2D eigenvalue weighted by Crippen LogP contribution is -2.14. The van der Waals surface area contributed by atoms with E-state index in [0.717, 1.165) is 18.2 Å². The van der Waals surface area contributed by atoms with Gasteiger partial charge in [-0.25, -0.2) is 0 Å². The van der Waals surface area contributed by atoms with E-state index in [2.05, 4.69) is 5.32 Å². The van der Waals surface area contributed by atoms with Gasteiger partial charge in [-0.1, -0.05) is 41.4 Å². The lowest BCUT2D eigenvalue weighted by molar-refractivity contribution is -0.137. The maximum absolute atomic E-state index is 12.7. The molecule has 0 aliphatic carbocycles. The molecule has 0 bridgehead atoms. The van der Waals surface area contributed by atoms with E-state index in [1.807, 2.05) is 0 Å². The molecule has 3 nitrogen and oxygen atoms in total. The number of nitrogens with zero attached hydrogens (tertiary/aromatic N) is 1. The van der Waals surface area contributed by atoms with Crippen molar-refractivity contribution in [1.82, 2.24) is 0 Å². The predicted octanol–water partition coefficient (Wildman–Crippen LogP) is 5.56. The van der Waals surface area contributed by atoms with Crippen molar-refractivity contribution >= 4 is 40.9 Å². The third-order valence-corrected chi connectivity index (χ3v) is 3.72. The average molecular weight is 385 g/mol. The molecule has 1 amide bonds. The molecule has 0 saturated carbocycles. The van der Waals surface area contributed by atoms with Crippen molar-refractivity contribution in [2.45, 2.75) is 6.18 Å². The second-order valence-corrected chi connectivity index (χ2v) is 5.66. The van der Waals surface area contributed by atoms with Gasteiger partial charge >= 0.3 is 6.18 Å². The Hall–Kier alpha value is -2.49. The first kappa shape index (κ1) is 18.8. The van der Waals surface area contributed by atoms with Gasteiger partial charge < -0.3 is 5.32 Å². The van der Waals surface area contributed by atoms with Crippen LogP contribution in [-0.4, -0.2) is 5.91 Å². The fourth-order valence-corrected chi connectivity index (χ4v) is 2.41. The van der Waals surface area contributed by atoms with Gasteiger partial charge in [0.2, 0.25) is 0 Å². The lowest BCUT2D eigenvalue weighted by atomic mass is 10.1. The van der Waals surface area contributed by atoms with Gasteiger partial charge in [-0.3, -0.25) is 4.79 Å². The summed E-state index contributed by atoms with van der Waals surface area (Å²) in [4.78, 5) is 12.2. The molecule has 0 saturated heterocycles. The summed E-state index contributed by atoms with van der Waals surface area (Å²) < 4.78 is 38.2. The lowest BCUT2D eigenvalue weighted by Gasteiger charge is -2.09. The number of rotatable bonds is 3. The third kappa shape index (κ3) is 4.75. The summed E-state index contributed by atoms with van der Waals surface area (Å²) in [6.07, 6.45) is -3.47. The highest BCUT2D eigenvalue weighted by atomic mass is 35.5. The Morgan fingerprint density at radius 1 is 1.12 bits per heavy atom. The molecule has 0 unspecified atom stereocenters. The molecule has 0 aromatic heterocycles. The Morgan fingerprint density at radius 2 is 1.72 bits per heavy atom. The van der Waals surface area contributed by atoms with Crippen LogP contribution < -0.4 is 5.32 Å². The van der Waals surface area contributed by atoms with Crippen molar-refractivity contribution < 1.29 is 18.0 Å². The summed E-state index contributed by atoms with van der Waals surface area (Å²) in [5.74, 6) is -0.838. The van der Waals surface area contributed by atoms with Crippen molar-refractivity contribution in [3.8, 4) is 6.07 Å². The van der Waals surface area contributed by atoms with Crippen LogP contribution in [0.1, 0.15) is 11.1 Å². The van der Waals surface area contributed by atoms with Crippen molar-refractivity contribution in [3.63, 3.8) is 0 Å². The third-order valence-electron chi connectivity index (χ3n) is 3.09. The molecule has 0 aliphatic rings. The van der Waals surface area contributed by atoms with Crippen LogP contribution in [0.4, 0.5) is 18.9 Å². The normalized spacial score (nSPS) is 11.8. The number of benzene rings is 2. The predicted molar refractivity (Wildman–Crippen MR) is 90.1 cm³/mol. The number of nitriles is 1. The smallest absolute Gasteiger partial charge is 0.319 e. The first-order valence-corrected chi connectivity index (χ1v) is 7.52. The van der Waals surface area contributed by atoms with E-state index < -0.39 is 23.2 Å². The molecule has 0 heterocycles. The minimum Gasteiger partial charge on any atom is -0.319 e. The summed E-state index contributed by atoms with van der Waals surface area (Å²) in [7, 11) is 0. The van der Waals surface area contributed by atoms with E-state index in [1.54, 1.807) is 12.1 Å². The van der Waals surface area contributed by atoms with Crippen molar-refractivity contribution in [3.05, 3.63) is 69.2 Å². The number of hydrogen-bond acceptors (Lipinski definition) is 2. The van der Waals surface area contributed by atoms with Crippen LogP contribution in [0.15, 0.2) is 48.0 Å². The quantitative estimate of drug-likeness (QED) is 0.556. The molecule has 128 valence electrons. The molecule has 0 spiro atoms. The van der Waals surface area contributed by atoms with Gasteiger partial charge in [0.25, 0.3) is 5.91 Å². The van der Waals surface area contributed by atoms with Gasteiger partial charge in [-0.05, 0) is 35.9 Å². The number of anilines is 1. The van der Waals surface area contributed by atoms with Crippen molar-refractivity contribution in [2.75, 3.05) is 5.32 Å². The highest BCUT2D eigenvalue weighted by molar-refractivity contribution is 6.40. The highest BCUT2D eigenvalue weighted by Gasteiger charge is 2.30. The zero-order valence-electron chi connectivity index (χ0n) is 12.4. The maximum Gasteiger partial charge on any atom is 0.416 e. The average Bonchev–Trinajstić information content (AvgIpc) is 2.55. The van der Waals surface area contributed by atoms with Crippen molar-refractivity contribution in [2.24, 2.45) is 0 Å². The Bertz CT molecular complexity index is 866. The highest BCUT2D eigenvalue weighted by Crippen LogP contribution is 2.31. The number of amides is 1. The van der Waals surface area contributed by atoms with Crippen LogP contribution in [0.2, 0.25) is 10.0 Å². The van der Waals surface area contributed by atoms with Crippen molar-refractivity contribution in [1.29, 1.82) is 5.26 Å². The molecule has 8 heteroatoms. The van der Waals surface area contributed by atoms with Crippen LogP contribution in [-0.2, 0) is 11.0 Å². The van der Waals surface area contributed by atoms with Crippen LogP contribution in [0.25, 0.3) is 6.08 Å². The van der Waals surface area contributed by atoms with Gasteiger partial charge in [0, 0.05) is 0 Å². The Labute approximate surface area is 151 Å². The topological polar surface area (TPSA) is 52.9 Å². The Balaban J connectivity index is 2.32. The summed E-state index contributed by atoms with van der Waals surface area (Å²) in [6, 6.07) is 10.5. The van der Waals surface area contributed by atoms with E-state index in [1.165, 1.54) is 24.3 Å². The second-order valence-electron chi connectivity index (χ2n) is 4.84. The largest absolute Gasteiger partial charge is 0.416 e. The van der Waals surface area contributed by atoms with Gasteiger partial charge in [0.15, 0.2) is 0 Å². The van der Waals surface area contributed by atoms with Crippen LogP contribution >= 0.6 is 23.2 Å². The second kappa shape index (κ2) is 7.60. The molecule has 0 radical (unpaired) electrons. The molecule has 0 aliphatic heterocycles.